The van der Waals surface area contributed by atoms with Gasteiger partial charge in [-0.05, 0) is 43.5 Å². The van der Waals surface area contributed by atoms with Gasteiger partial charge in [0.05, 0.1) is 5.41 Å². The fourth-order valence-electron chi connectivity index (χ4n) is 2.82. The topological polar surface area (TPSA) is 40.5 Å². The smallest absolute Gasteiger partial charge is 0.310 e. The number of halogens is 1. The molecule has 1 unspecified atom stereocenters. The van der Waals surface area contributed by atoms with Crippen LogP contribution in [0.5, 0.6) is 0 Å². The van der Waals surface area contributed by atoms with E-state index < -0.39 is 11.4 Å². The number of aliphatic carboxylic acids is 1. The van der Waals surface area contributed by atoms with E-state index in [1.165, 1.54) is 5.56 Å². The third kappa shape index (κ3) is 3.28. The van der Waals surface area contributed by atoms with Crippen molar-refractivity contribution in [3.8, 4) is 0 Å². The van der Waals surface area contributed by atoms with Crippen LogP contribution in [0, 0.1) is 5.41 Å². The van der Waals surface area contributed by atoms with Gasteiger partial charge in [0.15, 0.2) is 0 Å². The van der Waals surface area contributed by atoms with Gasteiger partial charge in [-0.1, -0.05) is 30.7 Å². The Morgan fingerprint density at radius 3 is 2.68 bits per heavy atom. The molecule has 4 heteroatoms. The Bertz CT molecular complexity index is 446. The zero-order chi connectivity index (χ0) is 13.9. The summed E-state index contributed by atoms with van der Waals surface area (Å²) in [6.45, 7) is 4.38. The van der Waals surface area contributed by atoms with Gasteiger partial charge in [0.25, 0.3) is 0 Å². The van der Waals surface area contributed by atoms with Gasteiger partial charge in [-0.2, -0.15) is 0 Å². The van der Waals surface area contributed by atoms with Crippen LogP contribution in [0.4, 0.5) is 0 Å². The normalized spacial score (nSPS) is 24.3. The van der Waals surface area contributed by atoms with Crippen molar-refractivity contribution in [1.29, 1.82) is 0 Å². The Hall–Kier alpha value is -1.06. The Kier molecular flexibility index (Phi) is 4.48. The lowest BCUT2D eigenvalue weighted by molar-refractivity contribution is -0.153. The van der Waals surface area contributed by atoms with E-state index >= 15 is 0 Å². The van der Waals surface area contributed by atoms with E-state index in [2.05, 4.69) is 4.90 Å². The molecular weight excluding hydrogens is 262 g/mol. The zero-order valence-electron chi connectivity index (χ0n) is 11.2. The Balaban J connectivity index is 2.05. The van der Waals surface area contributed by atoms with Crippen LogP contribution in [0.1, 0.15) is 31.7 Å². The molecule has 0 saturated carbocycles. The van der Waals surface area contributed by atoms with E-state index in [0.29, 0.717) is 13.0 Å². The molecular formula is C15H20ClNO2. The summed E-state index contributed by atoms with van der Waals surface area (Å²) >= 11 is 5.87. The highest BCUT2D eigenvalue weighted by atomic mass is 35.5. The second-order valence-corrected chi connectivity index (χ2v) is 5.82. The molecule has 1 fully saturated rings. The SMILES string of the molecule is CCC1(C(=O)O)CCCN(Cc2ccc(Cl)cc2)C1. The molecule has 0 radical (unpaired) electrons. The van der Waals surface area contributed by atoms with E-state index in [0.717, 1.165) is 31.0 Å². The molecule has 1 N–H and O–H groups in total. The molecule has 1 heterocycles. The molecule has 0 aliphatic carbocycles. The molecule has 0 bridgehead atoms. The van der Waals surface area contributed by atoms with Gasteiger partial charge in [-0.25, -0.2) is 0 Å². The number of nitrogens with zero attached hydrogens (tertiary/aromatic N) is 1. The summed E-state index contributed by atoms with van der Waals surface area (Å²) in [5.74, 6) is -0.657. The van der Waals surface area contributed by atoms with Crippen molar-refractivity contribution in [2.45, 2.75) is 32.7 Å². The molecule has 0 spiro atoms. The number of benzene rings is 1. The lowest BCUT2D eigenvalue weighted by atomic mass is 9.77. The molecule has 0 amide bonds. The van der Waals surface area contributed by atoms with Crippen molar-refractivity contribution in [3.05, 3.63) is 34.9 Å². The number of carbonyl (C=O) groups is 1. The first-order valence-electron chi connectivity index (χ1n) is 6.76. The zero-order valence-corrected chi connectivity index (χ0v) is 12.0. The van der Waals surface area contributed by atoms with Crippen molar-refractivity contribution in [1.82, 2.24) is 4.90 Å². The van der Waals surface area contributed by atoms with Crippen LogP contribution in [0.3, 0.4) is 0 Å². The predicted octanol–water partition coefficient (Wildman–Crippen LogP) is 3.42. The minimum absolute atomic E-state index is 0.565. The molecule has 19 heavy (non-hydrogen) atoms. The second kappa shape index (κ2) is 5.93. The standard InChI is InChI=1S/C15H20ClNO2/c1-2-15(14(18)19)8-3-9-17(11-15)10-12-4-6-13(16)7-5-12/h4-7H,2-3,8-11H2,1H3,(H,18,19). The van der Waals surface area contributed by atoms with Crippen LogP contribution in [-0.2, 0) is 11.3 Å². The lowest BCUT2D eigenvalue weighted by Crippen LogP contribution is -2.47. The minimum atomic E-state index is -0.657. The number of rotatable bonds is 4. The molecule has 1 aromatic rings. The van der Waals surface area contributed by atoms with Crippen molar-refractivity contribution < 1.29 is 9.90 Å². The van der Waals surface area contributed by atoms with Crippen LogP contribution in [0.25, 0.3) is 0 Å². The average molecular weight is 282 g/mol. The van der Waals surface area contributed by atoms with E-state index in [-0.39, 0.29) is 0 Å². The fraction of sp³-hybridized carbons (Fsp3) is 0.533. The molecule has 0 aromatic heterocycles. The monoisotopic (exact) mass is 281 g/mol. The highest BCUT2D eigenvalue weighted by Gasteiger charge is 2.40. The number of piperidine rings is 1. The van der Waals surface area contributed by atoms with Crippen molar-refractivity contribution >= 4 is 17.6 Å². The first kappa shape index (κ1) is 14.4. The maximum Gasteiger partial charge on any atom is 0.310 e. The number of hydrogen-bond acceptors (Lipinski definition) is 2. The maximum atomic E-state index is 11.5. The summed E-state index contributed by atoms with van der Waals surface area (Å²) < 4.78 is 0. The first-order chi connectivity index (χ1) is 9.05. The highest BCUT2D eigenvalue weighted by molar-refractivity contribution is 6.30. The van der Waals surface area contributed by atoms with Crippen LogP contribution >= 0.6 is 11.6 Å². The summed E-state index contributed by atoms with van der Waals surface area (Å²) in [6, 6.07) is 7.77. The van der Waals surface area contributed by atoms with Crippen molar-refractivity contribution in [3.63, 3.8) is 0 Å². The Morgan fingerprint density at radius 1 is 1.42 bits per heavy atom. The first-order valence-corrected chi connectivity index (χ1v) is 7.14. The summed E-state index contributed by atoms with van der Waals surface area (Å²) in [5.41, 5.74) is 0.617. The summed E-state index contributed by atoms with van der Waals surface area (Å²) in [4.78, 5) is 13.7. The van der Waals surface area contributed by atoms with Crippen LogP contribution < -0.4 is 0 Å². The largest absolute Gasteiger partial charge is 0.481 e. The number of carboxylic acid groups (broad SMARTS) is 1. The molecule has 1 aliphatic rings. The quantitative estimate of drug-likeness (QED) is 0.919. The number of likely N-dealkylation sites (tertiary alicyclic amines) is 1. The Morgan fingerprint density at radius 2 is 2.11 bits per heavy atom. The minimum Gasteiger partial charge on any atom is -0.481 e. The van der Waals surface area contributed by atoms with E-state index in [1.54, 1.807) is 0 Å². The van der Waals surface area contributed by atoms with E-state index in [9.17, 15) is 9.90 Å². The summed E-state index contributed by atoms with van der Waals surface area (Å²) in [5, 5.41) is 10.2. The molecule has 2 rings (SSSR count). The molecule has 1 atom stereocenters. The highest BCUT2D eigenvalue weighted by Crippen LogP contribution is 2.34. The molecule has 3 nitrogen and oxygen atoms in total. The van der Waals surface area contributed by atoms with Crippen LogP contribution in [0.15, 0.2) is 24.3 Å². The van der Waals surface area contributed by atoms with Crippen molar-refractivity contribution in [2.75, 3.05) is 13.1 Å². The number of carboxylic acids is 1. The molecule has 104 valence electrons. The van der Waals surface area contributed by atoms with Gasteiger partial charge in [0.1, 0.15) is 0 Å². The van der Waals surface area contributed by atoms with E-state index in [4.69, 9.17) is 11.6 Å². The Labute approximate surface area is 119 Å². The van der Waals surface area contributed by atoms with Gasteiger partial charge in [0.2, 0.25) is 0 Å². The molecule has 1 aliphatic heterocycles. The number of hydrogen-bond donors (Lipinski definition) is 1. The van der Waals surface area contributed by atoms with Crippen LogP contribution in [0.2, 0.25) is 5.02 Å². The van der Waals surface area contributed by atoms with Gasteiger partial charge >= 0.3 is 5.97 Å². The fourth-order valence-corrected chi connectivity index (χ4v) is 2.95. The third-order valence-electron chi connectivity index (χ3n) is 4.11. The van der Waals surface area contributed by atoms with Gasteiger partial charge < -0.3 is 5.11 Å². The van der Waals surface area contributed by atoms with Crippen LogP contribution in [-0.4, -0.2) is 29.1 Å². The van der Waals surface area contributed by atoms with Gasteiger partial charge in [-0.15, -0.1) is 0 Å². The summed E-state index contributed by atoms with van der Waals surface area (Å²) in [7, 11) is 0. The van der Waals surface area contributed by atoms with E-state index in [1.807, 2.05) is 31.2 Å². The van der Waals surface area contributed by atoms with Crippen molar-refractivity contribution in [2.24, 2.45) is 5.41 Å². The predicted molar refractivity (Wildman–Crippen MR) is 76.3 cm³/mol. The molecule has 1 saturated heterocycles. The maximum absolute atomic E-state index is 11.5. The third-order valence-corrected chi connectivity index (χ3v) is 4.36. The molecule has 1 aromatic carbocycles. The van der Waals surface area contributed by atoms with Gasteiger partial charge in [0, 0.05) is 18.1 Å². The lowest BCUT2D eigenvalue weighted by Gasteiger charge is -2.39. The summed E-state index contributed by atoms with van der Waals surface area (Å²) in [6.07, 6.45) is 2.43. The average Bonchev–Trinajstić information content (AvgIpc) is 2.41. The van der Waals surface area contributed by atoms with Gasteiger partial charge in [-0.3, -0.25) is 9.69 Å². The second-order valence-electron chi connectivity index (χ2n) is 5.38.